The molecule has 0 saturated heterocycles. The van der Waals surface area contributed by atoms with E-state index in [1.54, 1.807) is 6.07 Å². The van der Waals surface area contributed by atoms with Crippen molar-refractivity contribution >= 4 is 17.3 Å². The largest absolute Gasteiger partial charge is 0.394 e. The number of aliphatic hydroxyl groups is 1. The van der Waals surface area contributed by atoms with E-state index in [0.717, 1.165) is 0 Å². The number of nitro groups is 1. The van der Waals surface area contributed by atoms with Crippen molar-refractivity contribution in [1.29, 1.82) is 0 Å². The molecule has 0 spiro atoms. The van der Waals surface area contributed by atoms with Crippen LogP contribution >= 0.6 is 11.6 Å². The average Bonchev–Trinajstić information content (AvgIpc) is 2.15. The van der Waals surface area contributed by atoms with Crippen LogP contribution in [0.1, 0.15) is 11.6 Å². The zero-order valence-corrected chi connectivity index (χ0v) is 7.94. The molecule has 0 unspecified atom stereocenters. The molecule has 0 heterocycles. The molecule has 76 valence electrons. The first-order valence-electron chi connectivity index (χ1n) is 3.87. The van der Waals surface area contributed by atoms with Gasteiger partial charge in [0.05, 0.1) is 23.1 Å². The van der Waals surface area contributed by atoms with Crippen LogP contribution in [0.4, 0.5) is 5.69 Å². The maximum atomic E-state index is 10.6. The highest BCUT2D eigenvalue weighted by Gasteiger charge is 2.21. The van der Waals surface area contributed by atoms with E-state index < -0.39 is 11.0 Å². The zero-order valence-electron chi connectivity index (χ0n) is 7.18. The number of nitro benzene ring substituents is 1. The first kappa shape index (κ1) is 10.9. The summed E-state index contributed by atoms with van der Waals surface area (Å²) in [5.41, 5.74) is 5.49. The Morgan fingerprint density at radius 1 is 1.64 bits per heavy atom. The lowest BCUT2D eigenvalue weighted by Gasteiger charge is -2.09. The standard InChI is InChI=1S/C8H9ClN2O3/c9-6-3-1-2-5(7(10)4-12)8(6)11(13)14/h1-3,7,12H,4,10H2/t7-/m1/s1. The van der Waals surface area contributed by atoms with Gasteiger partial charge >= 0.3 is 0 Å². The molecule has 0 aliphatic rings. The Balaban J connectivity index is 3.28. The van der Waals surface area contributed by atoms with Crippen LogP contribution in [0.3, 0.4) is 0 Å². The number of hydrogen-bond acceptors (Lipinski definition) is 4. The van der Waals surface area contributed by atoms with Gasteiger partial charge in [0.2, 0.25) is 0 Å². The lowest BCUT2D eigenvalue weighted by atomic mass is 10.1. The molecular weight excluding hydrogens is 208 g/mol. The number of nitrogens with two attached hydrogens (primary N) is 1. The van der Waals surface area contributed by atoms with Crippen LogP contribution in [0.15, 0.2) is 18.2 Å². The van der Waals surface area contributed by atoms with Gasteiger partial charge < -0.3 is 10.8 Å². The van der Waals surface area contributed by atoms with Crippen molar-refractivity contribution in [1.82, 2.24) is 0 Å². The SMILES string of the molecule is N[C@H](CO)c1cccc(Cl)c1[N+](=O)[O-]. The third-order valence-corrected chi connectivity index (χ3v) is 2.10. The minimum atomic E-state index is -0.783. The molecule has 0 saturated carbocycles. The van der Waals surface area contributed by atoms with Gasteiger partial charge in [0.15, 0.2) is 0 Å². The van der Waals surface area contributed by atoms with E-state index in [1.165, 1.54) is 12.1 Å². The summed E-state index contributed by atoms with van der Waals surface area (Å²) in [6.07, 6.45) is 0. The van der Waals surface area contributed by atoms with Crippen LogP contribution in [0, 0.1) is 10.1 Å². The number of aliphatic hydroxyl groups excluding tert-OH is 1. The Labute approximate surface area is 85.3 Å². The summed E-state index contributed by atoms with van der Waals surface area (Å²) in [6.45, 7) is -0.360. The van der Waals surface area contributed by atoms with Crippen LogP contribution in [0.25, 0.3) is 0 Å². The molecule has 0 aliphatic heterocycles. The van der Waals surface area contributed by atoms with Crippen LogP contribution in [-0.4, -0.2) is 16.6 Å². The van der Waals surface area contributed by atoms with Crippen molar-refractivity contribution in [3.05, 3.63) is 38.9 Å². The molecule has 6 heteroatoms. The van der Waals surface area contributed by atoms with E-state index in [1.807, 2.05) is 0 Å². The van der Waals surface area contributed by atoms with Crippen LogP contribution in [0.5, 0.6) is 0 Å². The van der Waals surface area contributed by atoms with E-state index in [-0.39, 0.29) is 22.9 Å². The highest BCUT2D eigenvalue weighted by atomic mass is 35.5. The molecule has 1 rings (SSSR count). The van der Waals surface area contributed by atoms with Gasteiger partial charge in [-0.15, -0.1) is 0 Å². The molecule has 1 aromatic carbocycles. The van der Waals surface area contributed by atoms with E-state index in [9.17, 15) is 10.1 Å². The van der Waals surface area contributed by atoms with E-state index in [4.69, 9.17) is 22.4 Å². The minimum Gasteiger partial charge on any atom is -0.394 e. The third kappa shape index (κ3) is 2.01. The molecule has 3 N–H and O–H groups in total. The van der Waals surface area contributed by atoms with Crippen LogP contribution in [-0.2, 0) is 0 Å². The quantitative estimate of drug-likeness (QED) is 0.588. The predicted octanol–water partition coefficient (Wildman–Crippen LogP) is 1.24. The van der Waals surface area contributed by atoms with E-state index >= 15 is 0 Å². The monoisotopic (exact) mass is 216 g/mol. The lowest BCUT2D eigenvalue weighted by molar-refractivity contribution is -0.385. The summed E-state index contributed by atoms with van der Waals surface area (Å²) in [5, 5.41) is 19.5. The van der Waals surface area contributed by atoms with Gasteiger partial charge in [-0.25, -0.2) is 0 Å². The van der Waals surface area contributed by atoms with E-state index in [0.29, 0.717) is 0 Å². The number of rotatable bonds is 3. The Hall–Kier alpha value is -1.17. The fraction of sp³-hybridized carbons (Fsp3) is 0.250. The highest BCUT2D eigenvalue weighted by molar-refractivity contribution is 6.32. The van der Waals surface area contributed by atoms with Crippen molar-refractivity contribution in [2.24, 2.45) is 5.73 Å². The molecule has 0 aliphatic carbocycles. The molecule has 0 fully saturated rings. The molecule has 1 aromatic rings. The Morgan fingerprint density at radius 2 is 2.29 bits per heavy atom. The Morgan fingerprint density at radius 3 is 2.79 bits per heavy atom. The van der Waals surface area contributed by atoms with Gasteiger partial charge in [0, 0.05) is 0 Å². The molecular formula is C8H9ClN2O3. The topological polar surface area (TPSA) is 89.4 Å². The highest BCUT2D eigenvalue weighted by Crippen LogP contribution is 2.31. The molecule has 14 heavy (non-hydrogen) atoms. The van der Waals surface area contributed by atoms with Gasteiger partial charge in [0.1, 0.15) is 5.02 Å². The second-order valence-corrected chi connectivity index (χ2v) is 3.13. The van der Waals surface area contributed by atoms with Crippen molar-refractivity contribution in [2.45, 2.75) is 6.04 Å². The van der Waals surface area contributed by atoms with Gasteiger partial charge in [-0.05, 0) is 6.07 Å². The summed E-state index contributed by atoms with van der Waals surface area (Å²) in [6, 6.07) is 3.66. The van der Waals surface area contributed by atoms with Gasteiger partial charge in [-0.1, -0.05) is 23.7 Å². The summed E-state index contributed by atoms with van der Waals surface area (Å²) < 4.78 is 0. The van der Waals surface area contributed by atoms with E-state index in [2.05, 4.69) is 0 Å². The Kier molecular flexibility index (Phi) is 3.40. The molecule has 1 atom stereocenters. The molecule has 0 bridgehead atoms. The van der Waals surface area contributed by atoms with Crippen molar-refractivity contribution in [2.75, 3.05) is 6.61 Å². The maximum Gasteiger partial charge on any atom is 0.292 e. The molecule has 0 radical (unpaired) electrons. The van der Waals surface area contributed by atoms with Gasteiger partial charge in [-0.2, -0.15) is 0 Å². The summed E-state index contributed by atoms with van der Waals surface area (Å²) in [4.78, 5) is 10.0. The average molecular weight is 217 g/mol. The summed E-state index contributed by atoms with van der Waals surface area (Å²) in [5.74, 6) is 0. The second-order valence-electron chi connectivity index (χ2n) is 2.72. The van der Waals surface area contributed by atoms with Crippen molar-refractivity contribution < 1.29 is 10.0 Å². The van der Waals surface area contributed by atoms with Crippen LogP contribution in [0.2, 0.25) is 5.02 Å². The maximum absolute atomic E-state index is 10.6. The second kappa shape index (κ2) is 4.36. The first-order chi connectivity index (χ1) is 6.57. The van der Waals surface area contributed by atoms with Gasteiger partial charge in [0.25, 0.3) is 5.69 Å². The number of hydrogen-bond donors (Lipinski definition) is 2. The lowest BCUT2D eigenvalue weighted by Crippen LogP contribution is -2.16. The predicted molar refractivity (Wildman–Crippen MR) is 52.1 cm³/mol. The fourth-order valence-electron chi connectivity index (χ4n) is 1.12. The summed E-state index contributed by atoms with van der Waals surface area (Å²) >= 11 is 5.65. The molecule has 0 aromatic heterocycles. The van der Waals surface area contributed by atoms with Crippen molar-refractivity contribution in [3.8, 4) is 0 Å². The van der Waals surface area contributed by atoms with Crippen molar-refractivity contribution in [3.63, 3.8) is 0 Å². The number of nitrogens with zero attached hydrogens (tertiary/aromatic N) is 1. The number of para-hydroxylation sites is 1. The van der Waals surface area contributed by atoms with Crippen LogP contribution < -0.4 is 5.73 Å². The smallest absolute Gasteiger partial charge is 0.292 e. The third-order valence-electron chi connectivity index (χ3n) is 1.80. The summed E-state index contributed by atoms with van der Waals surface area (Å²) in [7, 11) is 0. The first-order valence-corrected chi connectivity index (χ1v) is 4.25. The zero-order chi connectivity index (χ0) is 10.7. The fourth-order valence-corrected chi connectivity index (χ4v) is 1.37. The van der Waals surface area contributed by atoms with Gasteiger partial charge in [-0.3, -0.25) is 10.1 Å². The number of halogens is 1. The minimum absolute atomic E-state index is 0.0244. The number of benzene rings is 1. The molecule has 0 amide bonds. The normalized spacial score (nSPS) is 12.5. The molecule has 5 nitrogen and oxygen atoms in total. The Bertz CT molecular complexity index is 356.